The summed E-state index contributed by atoms with van der Waals surface area (Å²) in [7, 11) is -3.79. The highest BCUT2D eigenvalue weighted by Gasteiger charge is 2.29. The van der Waals surface area contributed by atoms with Crippen molar-refractivity contribution in [3.05, 3.63) is 52.3 Å². The lowest BCUT2D eigenvalue weighted by molar-refractivity contribution is 0.174. The number of fused-ring (bicyclic) bond motifs is 1. The van der Waals surface area contributed by atoms with E-state index in [1.54, 1.807) is 13.0 Å². The molecule has 4 rings (SSSR count). The highest BCUT2D eigenvalue weighted by molar-refractivity contribution is 7.89. The number of sulfonamides is 1. The quantitative estimate of drug-likeness (QED) is 0.795. The Kier molecular flexibility index (Phi) is 5.22. The number of hydrogen-bond acceptors (Lipinski definition) is 5. The van der Waals surface area contributed by atoms with E-state index in [1.165, 1.54) is 12.1 Å². The lowest BCUT2D eigenvalue weighted by Gasteiger charge is -2.18. The van der Waals surface area contributed by atoms with Gasteiger partial charge in [0.15, 0.2) is 11.5 Å². The Hall–Kier alpha value is -1.87. The summed E-state index contributed by atoms with van der Waals surface area (Å²) in [6, 6.07) is 7.12. The highest BCUT2D eigenvalue weighted by atomic mass is 35.5. The molecule has 2 aromatic carbocycles. The molecule has 1 unspecified atom stereocenters. The van der Waals surface area contributed by atoms with Crippen LogP contribution in [0.4, 0.5) is 4.39 Å². The number of nitrogens with one attached hydrogen (secondary N) is 1. The van der Waals surface area contributed by atoms with Crippen LogP contribution in [0.15, 0.2) is 35.2 Å². The highest BCUT2D eigenvalue weighted by Crippen LogP contribution is 2.37. The van der Waals surface area contributed by atoms with E-state index in [0.717, 1.165) is 18.2 Å². The van der Waals surface area contributed by atoms with Gasteiger partial charge in [0.25, 0.3) is 0 Å². The molecular weight excluding hydrogens is 407 g/mol. The zero-order chi connectivity index (χ0) is 19.9. The number of halogens is 2. The van der Waals surface area contributed by atoms with E-state index in [4.69, 9.17) is 21.1 Å². The Bertz CT molecular complexity index is 1020. The zero-order valence-corrected chi connectivity index (χ0v) is 16.8. The molecule has 2 aromatic rings. The minimum Gasteiger partial charge on any atom is -0.454 e. The SMILES string of the molecule is Cc1ccc(F)cc1S(=O)(=O)NC1CCN(Cc2cc3c(cc2Cl)OCO3)C1. The van der Waals surface area contributed by atoms with Crippen LogP contribution in [0.25, 0.3) is 0 Å². The Morgan fingerprint density at radius 3 is 2.79 bits per heavy atom. The monoisotopic (exact) mass is 426 g/mol. The second-order valence-corrected chi connectivity index (χ2v) is 9.14. The van der Waals surface area contributed by atoms with Crippen molar-refractivity contribution in [2.75, 3.05) is 19.9 Å². The fourth-order valence-corrected chi connectivity index (χ4v) is 5.27. The second kappa shape index (κ2) is 7.51. The van der Waals surface area contributed by atoms with E-state index in [-0.39, 0.29) is 17.7 Å². The summed E-state index contributed by atoms with van der Waals surface area (Å²) in [5.74, 6) is 0.722. The molecule has 0 radical (unpaired) electrons. The van der Waals surface area contributed by atoms with Crippen molar-refractivity contribution in [1.29, 1.82) is 0 Å². The fourth-order valence-electron chi connectivity index (χ4n) is 3.54. The van der Waals surface area contributed by atoms with Crippen LogP contribution in [0, 0.1) is 12.7 Å². The van der Waals surface area contributed by atoms with Crippen LogP contribution in [0.5, 0.6) is 11.5 Å². The lowest BCUT2D eigenvalue weighted by atomic mass is 10.2. The molecule has 0 bridgehead atoms. The standard InChI is InChI=1S/C19H20ClFN2O4S/c1-12-2-3-14(21)7-19(12)28(24,25)22-15-4-5-23(10-15)9-13-6-17-18(8-16(13)20)27-11-26-17/h2-3,6-8,15,22H,4-5,9-11H2,1H3. The molecule has 0 amide bonds. The van der Waals surface area contributed by atoms with Gasteiger partial charge in [-0.25, -0.2) is 17.5 Å². The molecule has 2 heterocycles. The molecular formula is C19H20ClFN2O4S. The summed E-state index contributed by atoms with van der Waals surface area (Å²) < 4.78 is 52.2. The average Bonchev–Trinajstić information content (AvgIpc) is 3.26. The molecule has 9 heteroatoms. The van der Waals surface area contributed by atoms with Gasteiger partial charge in [-0.15, -0.1) is 0 Å². The van der Waals surface area contributed by atoms with Crippen LogP contribution in [-0.4, -0.2) is 39.2 Å². The zero-order valence-electron chi connectivity index (χ0n) is 15.2. The van der Waals surface area contributed by atoms with Crippen molar-refractivity contribution < 1.29 is 22.3 Å². The summed E-state index contributed by atoms with van der Waals surface area (Å²) in [6.07, 6.45) is 0.662. The van der Waals surface area contributed by atoms with Crippen LogP contribution >= 0.6 is 11.6 Å². The van der Waals surface area contributed by atoms with Gasteiger partial charge in [0.05, 0.1) is 4.90 Å². The summed E-state index contributed by atoms with van der Waals surface area (Å²) in [5.41, 5.74) is 1.41. The first kappa shape index (κ1) is 19.4. The molecule has 0 spiro atoms. The molecule has 1 fully saturated rings. The number of likely N-dealkylation sites (tertiary alicyclic amines) is 1. The maximum absolute atomic E-state index is 13.5. The van der Waals surface area contributed by atoms with Gasteiger partial charge in [0.1, 0.15) is 5.82 Å². The van der Waals surface area contributed by atoms with Crippen molar-refractivity contribution in [3.63, 3.8) is 0 Å². The van der Waals surface area contributed by atoms with Gasteiger partial charge in [0.2, 0.25) is 16.8 Å². The van der Waals surface area contributed by atoms with E-state index in [0.29, 0.717) is 41.6 Å². The van der Waals surface area contributed by atoms with E-state index in [9.17, 15) is 12.8 Å². The van der Waals surface area contributed by atoms with Crippen LogP contribution < -0.4 is 14.2 Å². The number of benzene rings is 2. The molecule has 0 saturated carbocycles. The Morgan fingerprint density at radius 2 is 2.00 bits per heavy atom. The maximum atomic E-state index is 13.5. The third-order valence-corrected chi connectivity index (χ3v) is 6.98. The Balaban J connectivity index is 1.43. The van der Waals surface area contributed by atoms with E-state index < -0.39 is 15.8 Å². The van der Waals surface area contributed by atoms with Crippen molar-refractivity contribution in [3.8, 4) is 11.5 Å². The van der Waals surface area contributed by atoms with Gasteiger partial charge < -0.3 is 9.47 Å². The summed E-state index contributed by atoms with van der Waals surface area (Å²) in [6.45, 7) is 3.67. The normalized spacial score (nSPS) is 19.3. The maximum Gasteiger partial charge on any atom is 0.241 e. The first-order chi connectivity index (χ1) is 13.3. The van der Waals surface area contributed by atoms with Gasteiger partial charge in [0, 0.05) is 36.8 Å². The minimum atomic E-state index is -3.79. The van der Waals surface area contributed by atoms with Gasteiger partial charge in [-0.1, -0.05) is 17.7 Å². The summed E-state index contributed by atoms with van der Waals surface area (Å²) in [4.78, 5) is 2.10. The van der Waals surface area contributed by atoms with Crippen molar-refractivity contribution in [1.82, 2.24) is 9.62 Å². The number of rotatable bonds is 5. The number of nitrogens with zero attached hydrogens (tertiary/aromatic N) is 1. The van der Waals surface area contributed by atoms with Gasteiger partial charge >= 0.3 is 0 Å². The minimum absolute atomic E-state index is 0.0234. The molecule has 6 nitrogen and oxygen atoms in total. The van der Waals surface area contributed by atoms with E-state index in [1.807, 2.05) is 6.07 Å². The van der Waals surface area contributed by atoms with E-state index in [2.05, 4.69) is 9.62 Å². The smallest absolute Gasteiger partial charge is 0.241 e. The molecule has 1 N–H and O–H groups in total. The molecule has 2 aliphatic rings. The molecule has 150 valence electrons. The predicted molar refractivity (Wildman–Crippen MR) is 103 cm³/mol. The summed E-state index contributed by atoms with van der Waals surface area (Å²) in [5, 5.41) is 0.587. The molecule has 2 aliphatic heterocycles. The first-order valence-electron chi connectivity index (χ1n) is 8.91. The molecule has 1 atom stereocenters. The van der Waals surface area contributed by atoms with E-state index >= 15 is 0 Å². The van der Waals surface area contributed by atoms with Crippen LogP contribution in [0.1, 0.15) is 17.5 Å². The van der Waals surface area contributed by atoms with Gasteiger partial charge in [-0.05, 0) is 42.7 Å². The number of aryl methyl sites for hydroxylation is 1. The molecule has 28 heavy (non-hydrogen) atoms. The topological polar surface area (TPSA) is 67.9 Å². The molecule has 0 aromatic heterocycles. The van der Waals surface area contributed by atoms with Crippen molar-refractivity contribution in [2.24, 2.45) is 0 Å². The van der Waals surface area contributed by atoms with Crippen LogP contribution in [0.2, 0.25) is 5.02 Å². The largest absolute Gasteiger partial charge is 0.454 e. The van der Waals surface area contributed by atoms with Gasteiger partial charge in [-0.3, -0.25) is 4.90 Å². The molecule has 0 aliphatic carbocycles. The van der Waals surface area contributed by atoms with Crippen molar-refractivity contribution >= 4 is 21.6 Å². The van der Waals surface area contributed by atoms with Crippen LogP contribution in [0.3, 0.4) is 0 Å². The van der Waals surface area contributed by atoms with Gasteiger partial charge in [-0.2, -0.15) is 0 Å². The average molecular weight is 427 g/mol. The predicted octanol–water partition coefficient (Wildman–Crippen LogP) is 3.07. The lowest BCUT2D eigenvalue weighted by Crippen LogP contribution is -2.37. The number of hydrogen-bond donors (Lipinski definition) is 1. The summed E-state index contributed by atoms with van der Waals surface area (Å²) >= 11 is 6.33. The Morgan fingerprint density at radius 1 is 1.25 bits per heavy atom. The van der Waals surface area contributed by atoms with Crippen molar-refractivity contribution in [2.45, 2.75) is 30.8 Å². The van der Waals surface area contributed by atoms with Crippen LogP contribution in [-0.2, 0) is 16.6 Å². The fraction of sp³-hybridized carbons (Fsp3) is 0.368. The second-order valence-electron chi connectivity index (χ2n) is 7.05. The third kappa shape index (κ3) is 3.96. The Labute approximate surface area is 168 Å². The third-order valence-electron chi connectivity index (χ3n) is 4.97. The first-order valence-corrected chi connectivity index (χ1v) is 10.8. The number of ether oxygens (including phenoxy) is 2. The molecule has 1 saturated heterocycles.